The van der Waals surface area contributed by atoms with Crippen LogP contribution in [0.1, 0.15) is 6.42 Å². The van der Waals surface area contributed by atoms with Crippen molar-refractivity contribution < 1.29 is 9.66 Å². The molecule has 0 radical (unpaired) electrons. The Morgan fingerprint density at radius 1 is 1.24 bits per heavy atom. The highest BCUT2D eigenvalue weighted by atomic mass is 16.6. The molecule has 128 valence electrons. The number of rotatable bonds is 7. The fourth-order valence-corrected chi connectivity index (χ4v) is 2.40. The van der Waals surface area contributed by atoms with E-state index in [4.69, 9.17) is 4.74 Å². The summed E-state index contributed by atoms with van der Waals surface area (Å²) in [7, 11) is 0. The van der Waals surface area contributed by atoms with Crippen molar-refractivity contribution in [1.29, 1.82) is 0 Å². The highest BCUT2D eigenvalue weighted by molar-refractivity contribution is 5.86. The van der Waals surface area contributed by atoms with Crippen LogP contribution in [0.3, 0.4) is 0 Å². The van der Waals surface area contributed by atoms with E-state index in [9.17, 15) is 14.9 Å². The van der Waals surface area contributed by atoms with E-state index in [1.807, 2.05) is 30.3 Å². The Bertz CT molecular complexity index is 940. The second kappa shape index (κ2) is 7.43. The third kappa shape index (κ3) is 3.92. The van der Waals surface area contributed by atoms with E-state index in [-0.39, 0.29) is 11.1 Å². The number of aromatic amines is 1. The predicted octanol–water partition coefficient (Wildman–Crippen LogP) is 2.71. The van der Waals surface area contributed by atoms with E-state index in [2.05, 4.69) is 15.3 Å². The largest absolute Gasteiger partial charge is 0.494 e. The van der Waals surface area contributed by atoms with Crippen molar-refractivity contribution in [2.24, 2.45) is 0 Å². The van der Waals surface area contributed by atoms with Crippen molar-refractivity contribution in [3.8, 4) is 5.75 Å². The zero-order valence-electron chi connectivity index (χ0n) is 13.3. The smallest absolute Gasteiger partial charge is 0.293 e. The standard InChI is InChI=1S/C17H16N4O4/c22-17-13-9-16(21(23)24)15(10-14(13)19-11-20-17)18-7-4-8-25-12-5-2-1-3-6-12/h1-3,5-6,9-11,18H,4,7-8H2,(H,19,20,22). The number of benzene rings is 2. The Labute approximate surface area is 142 Å². The van der Waals surface area contributed by atoms with Gasteiger partial charge in [-0.3, -0.25) is 14.9 Å². The predicted molar refractivity (Wildman–Crippen MR) is 94.1 cm³/mol. The van der Waals surface area contributed by atoms with Gasteiger partial charge in [0, 0.05) is 12.6 Å². The second-order valence-corrected chi connectivity index (χ2v) is 5.32. The normalized spacial score (nSPS) is 10.6. The first-order valence-corrected chi connectivity index (χ1v) is 7.73. The van der Waals surface area contributed by atoms with Gasteiger partial charge < -0.3 is 15.0 Å². The van der Waals surface area contributed by atoms with Crippen LogP contribution in [0.2, 0.25) is 0 Å². The average molecular weight is 340 g/mol. The minimum absolute atomic E-state index is 0.157. The quantitative estimate of drug-likeness (QED) is 0.389. The van der Waals surface area contributed by atoms with Crippen molar-refractivity contribution in [1.82, 2.24) is 9.97 Å². The molecule has 3 aromatic rings. The van der Waals surface area contributed by atoms with Gasteiger partial charge in [-0.15, -0.1) is 0 Å². The molecule has 2 N–H and O–H groups in total. The fraction of sp³-hybridized carbons (Fsp3) is 0.176. The number of hydrogen-bond acceptors (Lipinski definition) is 6. The fourth-order valence-electron chi connectivity index (χ4n) is 2.40. The van der Waals surface area contributed by atoms with Crippen LogP contribution < -0.4 is 15.6 Å². The van der Waals surface area contributed by atoms with Crippen molar-refractivity contribution in [2.45, 2.75) is 6.42 Å². The topological polar surface area (TPSA) is 110 Å². The Hall–Kier alpha value is -3.42. The Morgan fingerprint density at radius 2 is 2.04 bits per heavy atom. The maximum absolute atomic E-state index is 11.7. The maximum Gasteiger partial charge on any atom is 0.293 e. The summed E-state index contributed by atoms with van der Waals surface area (Å²) in [6.07, 6.45) is 1.93. The molecule has 0 unspecified atom stereocenters. The number of nitro groups is 1. The second-order valence-electron chi connectivity index (χ2n) is 5.32. The molecule has 0 aliphatic carbocycles. The summed E-state index contributed by atoms with van der Waals surface area (Å²) in [5, 5.41) is 14.5. The molecule has 0 spiro atoms. The van der Waals surface area contributed by atoms with Gasteiger partial charge in [0.1, 0.15) is 11.4 Å². The highest BCUT2D eigenvalue weighted by Crippen LogP contribution is 2.27. The van der Waals surface area contributed by atoms with Crippen LogP contribution in [0, 0.1) is 10.1 Å². The van der Waals surface area contributed by atoms with Gasteiger partial charge in [0.05, 0.1) is 28.8 Å². The number of fused-ring (bicyclic) bond motifs is 1. The number of nitro benzene ring substituents is 1. The summed E-state index contributed by atoms with van der Waals surface area (Å²) in [4.78, 5) is 28.9. The van der Waals surface area contributed by atoms with E-state index in [1.54, 1.807) is 0 Å². The van der Waals surface area contributed by atoms with E-state index in [0.717, 1.165) is 5.75 Å². The molecule has 0 saturated carbocycles. The number of H-pyrrole nitrogens is 1. The molecule has 1 heterocycles. The number of nitrogens with one attached hydrogen (secondary N) is 2. The van der Waals surface area contributed by atoms with Crippen molar-refractivity contribution in [3.63, 3.8) is 0 Å². The lowest BCUT2D eigenvalue weighted by atomic mass is 10.2. The number of aromatic nitrogens is 2. The SMILES string of the molecule is O=c1[nH]cnc2cc(NCCCOc3ccccc3)c([N+](=O)[O-])cc12. The summed E-state index contributed by atoms with van der Waals surface area (Å²) < 4.78 is 5.58. The minimum Gasteiger partial charge on any atom is -0.494 e. The van der Waals surface area contributed by atoms with Crippen LogP contribution in [0.4, 0.5) is 11.4 Å². The first-order chi connectivity index (χ1) is 12.1. The summed E-state index contributed by atoms with van der Waals surface area (Å²) in [6.45, 7) is 0.971. The van der Waals surface area contributed by atoms with Crippen LogP contribution >= 0.6 is 0 Å². The highest BCUT2D eigenvalue weighted by Gasteiger charge is 2.16. The van der Waals surface area contributed by atoms with Crippen LogP contribution in [0.25, 0.3) is 10.9 Å². The zero-order valence-corrected chi connectivity index (χ0v) is 13.3. The number of anilines is 1. The molecule has 0 fully saturated rings. The van der Waals surface area contributed by atoms with Gasteiger partial charge in [0.25, 0.3) is 11.2 Å². The van der Waals surface area contributed by atoms with Gasteiger partial charge >= 0.3 is 0 Å². The van der Waals surface area contributed by atoms with Gasteiger partial charge in [0.15, 0.2) is 0 Å². The summed E-state index contributed by atoms with van der Waals surface area (Å²) >= 11 is 0. The molecule has 8 heteroatoms. The van der Waals surface area contributed by atoms with Gasteiger partial charge in [-0.2, -0.15) is 0 Å². The maximum atomic E-state index is 11.7. The van der Waals surface area contributed by atoms with E-state index in [0.29, 0.717) is 30.8 Å². The lowest BCUT2D eigenvalue weighted by Crippen LogP contribution is -2.11. The molecular formula is C17H16N4O4. The van der Waals surface area contributed by atoms with Crippen LogP contribution in [-0.2, 0) is 0 Å². The number of para-hydroxylation sites is 1. The molecule has 1 aromatic heterocycles. The van der Waals surface area contributed by atoms with E-state index >= 15 is 0 Å². The molecule has 0 bridgehead atoms. The molecular weight excluding hydrogens is 324 g/mol. The zero-order chi connectivity index (χ0) is 17.6. The third-order valence-corrected chi connectivity index (χ3v) is 3.60. The molecule has 0 aliphatic rings. The molecule has 0 amide bonds. The van der Waals surface area contributed by atoms with Crippen molar-refractivity contribution in [2.75, 3.05) is 18.5 Å². The number of nitrogens with zero attached hydrogens (tertiary/aromatic N) is 2. The monoisotopic (exact) mass is 340 g/mol. The Kier molecular flexibility index (Phi) is 4.89. The summed E-state index contributed by atoms with van der Waals surface area (Å²) in [5.74, 6) is 0.780. The third-order valence-electron chi connectivity index (χ3n) is 3.60. The molecule has 0 atom stereocenters. The van der Waals surface area contributed by atoms with Gasteiger partial charge in [0.2, 0.25) is 0 Å². The number of ether oxygens (including phenoxy) is 1. The average Bonchev–Trinajstić information content (AvgIpc) is 2.62. The lowest BCUT2D eigenvalue weighted by molar-refractivity contribution is -0.383. The van der Waals surface area contributed by atoms with Crippen LogP contribution in [-0.4, -0.2) is 28.0 Å². The number of hydrogen-bond donors (Lipinski definition) is 2. The molecule has 3 rings (SSSR count). The van der Waals surface area contributed by atoms with Crippen molar-refractivity contribution >= 4 is 22.3 Å². The van der Waals surface area contributed by atoms with E-state index < -0.39 is 10.5 Å². The van der Waals surface area contributed by atoms with Gasteiger partial charge in [-0.1, -0.05) is 18.2 Å². The van der Waals surface area contributed by atoms with Crippen LogP contribution in [0.15, 0.2) is 53.6 Å². The summed E-state index contributed by atoms with van der Waals surface area (Å²) in [5.41, 5.74) is 0.165. The summed E-state index contributed by atoms with van der Waals surface area (Å²) in [6, 6.07) is 12.2. The molecule has 0 aliphatic heterocycles. The Balaban J connectivity index is 1.67. The van der Waals surface area contributed by atoms with Crippen molar-refractivity contribution in [3.05, 3.63) is 69.3 Å². The van der Waals surface area contributed by atoms with Crippen LogP contribution in [0.5, 0.6) is 5.75 Å². The van der Waals surface area contributed by atoms with E-state index in [1.165, 1.54) is 18.5 Å². The Morgan fingerprint density at radius 3 is 2.80 bits per heavy atom. The molecule has 2 aromatic carbocycles. The lowest BCUT2D eigenvalue weighted by Gasteiger charge is -2.09. The first-order valence-electron chi connectivity index (χ1n) is 7.73. The molecule has 8 nitrogen and oxygen atoms in total. The molecule has 25 heavy (non-hydrogen) atoms. The van der Waals surface area contributed by atoms with Gasteiger partial charge in [-0.05, 0) is 24.6 Å². The van der Waals surface area contributed by atoms with Gasteiger partial charge in [-0.25, -0.2) is 4.98 Å². The first kappa shape index (κ1) is 16.4. The minimum atomic E-state index is -0.519. The molecule has 0 saturated heterocycles.